The van der Waals surface area contributed by atoms with Crippen LogP contribution in [0.1, 0.15) is 26.2 Å². The summed E-state index contributed by atoms with van der Waals surface area (Å²) in [6, 6.07) is 7.17. The molecule has 0 spiro atoms. The number of carbonyl (C=O) groups is 2. The highest BCUT2D eigenvalue weighted by Gasteiger charge is 2.33. The Kier molecular flexibility index (Phi) is 4.61. The average molecular weight is 277 g/mol. The van der Waals surface area contributed by atoms with Gasteiger partial charge in [0.1, 0.15) is 5.75 Å². The highest BCUT2D eigenvalue weighted by molar-refractivity contribution is 5.93. The van der Waals surface area contributed by atoms with Gasteiger partial charge in [-0.3, -0.25) is 9.59 Å². The van der Waals surface area contributed by atoms with E-state index < -0.39 is 5.97 Å². The van der Waals surface area contributed by atoms with Gasteiger partial charge >= 0.3 is 5.97 Å². The quantitative estimate of drug-likeness (QED) is 0.867. The molecule has 2 atom stereocenters. The predicted molar refractivity (Wildman–Crippen MR) is 74.7 cm³/mol. The van der Waals surface area contributed by atoms with Crippen LogP contribution in [-0.4, -0.2) is 23.6 Å². The number of hydrogen-bond donors (Lipinski definition) is 2. The molecule has 0 radical (unpaired) electrons. The maximum absolute atomic E-state index is 12.1. The SMILES string of the molecule is CCOc1ccc(NC(=O)[C@@H]2CC[C@H](C(=O)O)C2)cc1. The summed E-state index contributed by atoms with van der Waals surface area (Å²) in [4.78, 5) is 22.9. The van der Waals surface area contributed by atoms with Crippen molar-refractivity contribution >= 4 is 17.6 Å². The lowest BCUT2D eigenvalue weighted by molar-refractivity contribution is -0.141. The zero-order chi connectivity index (χ0) is 14.5. The van der Waals surface area contributed by atoms with Crippen molar-refractivity contribution in [1.82, 2.24) is 0 Å². The van der Waals surface area contributed by atoms with Gasteiger partial charge < -0.3 is 15.2 Å². The Bertz CT molecular complexity index is 483. The van der Waals surface area contributed by atoms with Crippen LogP contribution in [-0.2, 0) is 9.59 Å². The van der Waals surface area contributed by atoms with E-state index in [4.69, 9.17) is 9.84 Å². The van der Waals surface area contributed by atoms with Crippen molar-refractivity contribution in [3.63, 3.8) is 0 Å². The van der Waals surface area contributed by atoms with Crippen LogP contribution in [0.5, 0.6) is 5.75 Å². The van der Waals surface area contributed by atoms with E-state index in [2.05, 4.69) is 5.32 Å². The number of amides is 1. The van der Waals surface area contributed by atoms with Crippen LogP contribution < -0.4 is 10.1 Å². The Morgan fingerprint density at radius 3 is 2.45 bits per heavy atom. The summed E-state index contributed by atoms with van der Waals surface area (Å²) in [6.45, 7) is 2.51. The van der Waals surface area contributed by atoms with Crippen molar-refractivity contribution < 1.29 is 19.4 Å². The summed E-state index contributed by atoms with van der Waals surface area (Å²) >= 11 is 0. The fraction of sp³-hybridized carbons (Fsp3) is 0.467. The van der Waals surface area contributed by atoms with E-state index in [0.717, 1.165) is 5.75 Å². The summed E-state index contributed by atoms with van der Waals surface area (Å²) in [5.41, 5.74) is 0.706. The first-order valence-electron chi connectivity index (χ1n) is 6.86. The first-order valence-corrected chi connectivity index (χ1v) is 6.86. The van der Waals surface area contributed by atoms with Crippen molar-refractivity contribution in [1.29, 1.82) is 0 Å². The van der Waals surface area contributed by atoms with Crippen LogP contribution in [0.15, 0.2) is 24.3 Å². The van der Waals surface area contributed by atoms with Gasteiger partial charge in [-0.15, -0.1) is 0 Å². The number of nitrogens with one attached hydrogen (secondary N) is 1. The standard InChI is InChI=1S/C15H19NO4/c1-2-20-13-7-5-12(6-8-13)16-14(17)10-3-4-11(9-10)15(18)19/h5-8,10-11H,2-4,9H2,1H3,(H,16,17)(H,18,19)/t10-,11+/m1/s1. The second-order valence-electron chi connectivity index (χ2n) is 4.99. The second kappa shape index (κ2) is 6.41. The molecule has 20 heavy (non-hydrogen) atoms. The van der Waals surface area contributed by atoms with E-state index in [1.165, 1.54) is 0 Å². The van der Waals surface area contributed by atoms with Crippen LogP contribution in [0.2, 0.25) is 0 Å². The number of anilines is 1. The minimum atomic E-state index is -0.804. The van der Waals surface area contributed by atoms with Gasteiger partial charge in [-0.2, -0.15) is 0 Å². The minimum Gasteiger partial charge on any atom is -0.494 e. The maximum atomic E-state index is 12.1. The topological polar surface area (TPSA) is 75.6 Å². The normalized spacial score (nSPS) is 21.4. The fourth-order valence-electron chi connectivity index (χ4n) is 2.49. The van der Waals surface area contributed by atoms with Crippen molar-refractivity contribution in [2.24, 2.45) is 11.8 Å². The molecule has 1 saturated carbocycles. The number of carbonyl (C=O) groups excluding carboxylic acids is 1. The van der Waals surface area contributed by atoms with Crippen LogP contribution >= 0.6 is 0 Å². The molecule has 0 heterocycles. The van der Waals surface area contributed by atoms with Gasteiger partial charge in [0, 0.05) is 11.6 Å². The Balaban J connectivity index is 1.90. The van der Waals surface area contributed by atoms with Gasteiger partial charge in [-0.05, 0) is 50.5 Å². The molecule has 108 valence electrons. The number of hydrogen-bond acceptors (Lipinski definition) is 3. The molecule has 0 bridgehead atoms. The Morgan fingerprint density at radius 2 is 1.90 bits per heavy atom. The number of carboxylic acids is 1. The summed E-state index contributed by atoms with van der Waals surface area (Å²) in [5.74, 6) is -0.731. The van der Waals surface area contributed by atoms with Gasteiger partial charge in [-0.1, -0.05) is 0 Å². The monoisotopic (exact) mass is 277 g/mol. The largest absolute Gasteiger partial charge is 0.494 e. The molecule has 5 nitrogen and oxygen atoms in total. The molecule has 0 aliphatic heterocycles. The van der Waals surface area contributed by atoms with E-state index in [1.807, 2.05) is 6.92 Å². The van der Waals surface area contributed by atoms with Crippen LogP contribution in [0.25, 0.3) is 0 Å². The minimum absolute atomic E-state index is 0.0992. The highest BCUT2D eigenvalue weighted by Crippen LogP contribution is 2.32. The van der Waals surface area contributed by atoms with Crippen molar-refractivity contribution in [3.8, 4) is 5.75 Å². The molecule has 1 amide bonds. The molecule has 2 rings (SSSR count). The van der Waals surface area contributed by atoms with Crippen LogP contribution in [0.3, 0.4) is 0 Å². The maximum Gasteiger partial charge on any atom is 0.306 e. The number of benzene rings is 1. The average Bonchev–Trinajstić information content (AvgIpc) is 2.91. The third-order valence-electron chi connectivity index (χ3n) is 3.59. The highest BCUT2D eigenvalue weighted by atomic mass is 16.5. The molecule has 0 saturated heterocycles. The third kappa shape index (κ3) is 3.50. The predicted octanol–water partition coefficient (Wildman–Crippen LogP) is 2.52. The summed E-state index contributed by atoms with van der Waals surface area (Å²) in [6.07, 6.45) is 1.65. The molecule has 1 aliphatic rings. The molecule has 5 heteroatoms. The van der Waals surface area contributed by atoms with Crippen LogP contribution in [0, 0.1) is 11.8 Å². The molecule has 1 aliphatic carbocycles. The van der Waals surface area contributed by atoms with E-state index in [-0.39, 0.29) is 17.7 Å². The van der Waals surface area contributed by atoms with E-state index in [1.54, 1.807) is 24.3 Å². The van der Waals surface area contributed by atoms with E-state index in [9.17, 15) is 9.59 Å². The molecule has 2 N–H and O–H groups in total. The van der Waals surface area contributed by atoms with Gasteiger partial charge in [0.15, 0.2) is 0 Å². The summed E-state index contributed by atoms with van der Waals surface area (Å²) in [5, 5.41) is 11.8. The summed E-state index contributed by atoms with van der Waals surface area (Å²) < 4.78 is 5.33. The van der Waals surface area contributed by atoms with Crippen LogP contribution in [0.4, 0.5) is 5.69 Å². The molecular formula is C15H19NO4. The van der Waals surface area contributed by atoms with Gasteiger partial charge in [-0.25, -0.2) is 0 Å². The van der Waals surface area contributed by atoms with Crippen molar-refractivity contribution in [2.45, 2.75) is 26.2 Å². The van der Waals surface area contributed by atoms with E-state index >= 15 is 0 Å². The zero-order valence-electron chi connectivity index (χ0n) is 11.5. The Morgan fingerprint density at radius 1 is 1.25 bits per heavy atom. The first kappa shape index (κ1) is 14.4. The smallest absolute Gasteiger partial charge is 0.306 e. The zero-order valence-corrected chi connectivity index (χ0v) is 11.5. The van der Waals surface area contributed by atoms with Gasteiger partial charge in [0.25, 0.3) is 0 Å². The molecule has 0 unspecified atom stereocenters. The van der Waals surface area contributed by atoms with Gasteiger partial charge in [0.05, 0.1) is 12.5 Å². The number of aliphatic carboxylic acids is 1. The molecule has 1 fully saturated rings. The van der Waals surface area contributed by atoms with Crippen molar-refractivity contribution in [3.05, 3.63) is 24.3 Å². The summed E-state index contributed by atoms with van der Waals surface area (Å²) in [7, 11) is 0. The molecule has 1 aromatic carbocycles. The third-order valence-corrected chi connectivity index (χ3v) is 3.59. The fourth-order valence-corrected chi connectivity index (χ4v) is 2.49. The molecule has 1 aromatic rings. The Hall–Kier alpha value is -2.04. The lowest BCUT2D eigenvalue weighted by Crippen LogP contribution is -2.21. The first-order chi connectivity index (χ1) is 9.60. The molecule has 0 aromatic heterocycles. The second-order valence-corrected chi connectivity index (χ2v) is 4.99. The number of rotatable bonds is 5. The number of carboxylic acid groups (broad SMARTS) is 1. The lowest BCUT2D eigenvalue weighted by Gasteiger charge is -2.11. The van der Waals surface area contributed by atoms with E-state index in [0.29, 0.717) is 31.6 Å². The van der Waals surface area contributed by atoms with Crippen molar-refractivity contribution in [2.75, 3.05) is 11.9 Å². The number of ether oxygens (including phenoxy) is 1. The molecular weight excluding hydrogens is 258 g/mol. The Labute approximate surface area is 117 Å². The van der Waals surface area contributed by atoms with Gasteiger partial charge in [0.2, 0.25) is 5.91 Å². The lowest BCUT2D eigenvalue weighted by atomic mass is 10.0.